The van der Waals surface area contributed by atoms with Crippen molar-refractivity contribution in [2.75, 3.05) is 20.7 Å². The fourth-order valence-electron chi connectivity index (χ4n) is 3.17. The first-order valence-corrected chi connectivity index (χ1v) is 10.0. The van der Waals surface area contributed by atoms with E-state index in [0.717, 1.165) is 12.8 Å². The summed E-state index contributed by atoms with van der Waals surface area (Å²) in [6.45, 7) is -0.326. The van der Waals surface area contributed by atoms with E-state index in [1.54, 1.807) is 19.0 Å². The van der Waals surface area contributed by atoms with E-state index in [9.17, 15) is 15.0 Å². The van der Waals surface area contributed by atoms with E-state index in [4.69, 9.17) is 11.2 Å². The van der Waals surface area contributed by atoms with Crippen LogP contribution in [-0.2, 0) is 4.74 Å². The van der Waals surface area contributed by atoms with Gasteiger partial charge in [-0.05, 0) is 18.8 Å². The molecule has 3 N–H and O–H groups in total. The molecule has 10 heteroatoms. The monoisotopic (exact) mass is 426 g/mol. The molecule has 0 aliphatic carbocycles. The number of hydrogen-bond donors (Lipinski definition) is 3. The summed E-state index contributed by atoms with van der Waals surface area (Å²) in [7, 11) is 3.59. The standard InChI is InChI=1S/C21H26N6O4/c1-4-5-6-7-8-9-10-14-18-19(23-21(24-20(18)30)22-13-26(2)3)27(25-14)17-11-15(29)16(12-28)31-17/h1,13,15-17,28-29H,5-8,11-12H2,2-3H3,(H,23,24,30)/b22-13+/t15-,16+,17+/m0/s1. The fraction of sp³-hybridized carbons (Fsp3) is 0.524. The van der Waals surface area contributed by atoms with E-state index in [2.05, 4.69) is 37.8 Å². The molecule has 0 saturated carbocycles. The third kappa shape index (κ3) is 5.30. The van der Waals surface area contributed by atoms with Crippen LogP contribution < -0.4 is 5.56 Å². The second kappa shape index (κ2) is 10.2. The summed E-state index contributed by atoms with van der Waals surface area (Å²) < 4.78 is 7.14. The highest BCUT2D eigenvalue weighted by Crippen LogP contribution is 2.30. The third-order valence-corrected chi connectivity index (χ3v) is 4.70. The van der Waals surface area contributed by atoms with Crippen LogP contribution in [0.4, 0.5) is 5.95 Å². The van der Waals surface area contributed by atoms with Gasteiger partial charge < -0.3 is 19.8 Å². The number of aliphatic hydroxyl groups excluding tert-OH is 2. The molecule has 2 aromatic heterocycles. The molecule has 0 aromatic carbocycles. The van der Waals surface area contributed by atoms with Crippen molar-refractivity contribution in [2.45, 2.75) is 50.5 Å². The zero-order valence-corrected chi connectivity index (χ0v) is 17.6. The van der Waals surface area contributed by atoms with Crippen molar-refractivity contribution in [3.63, 3.8) is 0 Å². The molecule has 1 saturated heterocycles. The lowest BCUT2D eigenvalue weighted by atomic mass is 10.2. The van der Waals surface area contributed by atoms with E-state index in [1.807, 2.05) is 0 Å². The van der Waals surface area contributed by atoms with Gasteiger partial charge in [0.05, 0.1) is 19.0 Å². The lowest BCUT2D eigenvalue weighted by Gasteiger charge is -2.12. The average Bonchev–Trinajstić information content (AvgIpc) is 3.29. The molecule has 0 amide bonds. The Morgan fingerprint density at radius 3 is 2.87 bits per heavy atom. The van der Waals surface area contributed by atoms with Gasteiger partial charge in [0, 0.05) is 33.4 Å². The van der Waals surface area contributed by atoms with Crippen LogP contribution in [0.25, 0.3) is 11.0 Å². The number of H-pyrrole nitrogens is 1. The lowest BCUT2D eigenvalue weighted by Crippen LogP contribution is -2.24. The summed E-state index contributed by atoms with van der Waals surface area (Å²) in [5.74, 6) is 8.68. The number of aromatic amines is 1. The molecule has 0 unspecified atom stereocenters. The Bertz CT molecular complexity index is 1100. The van der Waals surface area contributed by atoms with Gasteiger partial charge in [0.15, 0.2) is 17.6 Å². The number of nitrogens with zero attached hydrogens (tertiary/aromatic N) is 5. The van der Waals surface area contributed by atoms with Crippen molar-refractivity contribution < 1.29 is 14.9 Å². The number of rotatable bonds is 7. The lowest BCUT2D eigenvalue weighted by molar-refractivity contribution is -0.0470. The Labute approximate surface area is 180 Å². The van der Waals surface area contributed by atoms with Gasteiger partial charge in [-0.25, -0.2) is 9.67 Å². The van der Waals surface area contributed by atoms with Gasteiger partial charge in [0.25, 0.3) is 5.56 Å². The number of hydrogen-bond acceptors (Lipinski definition) is 7. The van der Waals surface area contributed by atoms with Gasteiger partial charge in [0.1, 0.15) is 11.5 Å². The highest BCUT2D eigenvalue weighted by Gasteiger charge is 2.36. The van der Waals surface area contributed by atoms with E-state index < -0.39 is 24.0 Å². The maximum absolute atomic E-state index is 12.8. The minimum Gasteiger partial charge on any atom is -0.394 e. The van der Waals surface area contributed by atoms with Gasteiger partial charge in [-0.3, -0.25) is 9.78 Å². The van der Waals surface area contributed by atoms with Crippen LogP contribution in [0.2, 0.25) is 0 Å². The van der Waals surface area contributed by atoms with Gasteiger partial charge in [-0.15, -0.1) is 12.3 Å². The first-order valence-electron chi connectivity index (χ1n) is 10.0. The predicted octanol–water partition coefficient (Wildman–Crippen LogP) is 0.527. The number of nitrogens with one attached hydrogen (secondary N) is 1. The van der Waals surface area contributed by atoms with Crippen LogP contribution in [0.5, 0.6) is 0 Å². The van der Waals surface area contributed by atoms with Crippen molar-refractivity contribution in [3.05, 3.63) is 16.0 Å². The maximum Gasteiger partial charge on any atom is 0.264 e. The van der Waals surface area contributed by atoms with Crippen LogP contribution in [0, 0.1) is 24.2 Å². The zero-order valence-electron chi connectivity index (χ0n) is 17.6. The van der Waals surface area contributed by atoms with Gasteiger partial charge in [0.2, 0.25) is 5.95 Å². The number of aliphatic hydroxyl groups is 2. The second-order valence-electron chi connectivity index (χ2n) is 7.42. The maximum atomic E-state index is 12.8. The number of fused-ring (bicyclic) bond motifs is 1. The van der Waals surface area contributed by atoms with Crippen molar-refractivity contribution in [3.8, 4) is 24.2 Å². The van der Waals surface area contributed by atoms with Crippen molar-refractivity contribution >= 4 is 23.3 Å². The summed E-state index contributed by atoms with van der Waals surface area (Å²) in [5, 5.41) is 24.2. The Morgan fingerprint density at radius 2 is 2.19 bits per heavy atom. The fourth-order valence-corrected chi connectivity index (χ4v) is 3.17. The molecular formula is C21H26N6O4. The van der Waals surface area contributed by atoms with E-state index in [-0.39, 0.29) is 35.7 Å². The summed E-state index contributed by atoms with van der Waals surface area (Å²) in [4.78, 5) is 25.7. The normalized spacial score (nSPS) is 20.7. The smallest absolute Gasteiger partial charge is 0.264 e. The Kier molecular flexibility index (Phi) is 7.42. The summed E-state index contributed by atoms with van der Waals surface area (Å²) >= 11 is 0. The minimum atomic E-state index is -0.854. The number of aliphatic imine (C=N–C) groups is 1. The molecule has 31 heavy (non-hydrogen) atoms. The molecular weight excluding hydrogens is 400 g/mol. The minimum absolute atomic E-state index is 0.110. The SMILES string of the molecule is C#CCCCCC#Cc1nn([C@H]2C[C@H](O)[C@@H](CO)O2)c2nc(/N=C/N(C)C)[nH]c(=O)c12. The molecule has 2 aromatic rings. The van der Waals surface area contributed by atoms with E-state index >= 15 is 0 Å². The molecule has 1 fully saturated rings. The van der Waals surface area contributed by atoms with Crippen LogP contribution in [0.1, 0.15) is 44.0 Å². The van der Waals surface area contributed by atoms with Crippen LogP contribution in [0.3, 0.4) is 0 Å². The number of terminal acetylenes is 1. The first kappa shape index (κ1) is 22.5. The quantitative estimate of drug-likeness (QED) is 0.255. The highest BCUT2D eigenvalue weighted by molar-refractivity contribution is 5.81. The number of unbranched alkanes of at least 4 members (excludes halogenated alkanes) is 3. The molecule has 3 atom stereocenters. The van der Waals surface area contributed by atoms with Crippen molar-refractivity contribution in [1.82, 2.24) is 24.6 Å². The Hall–Kier alpha value is -3.18. The number of ether oxygens (including phenoxy) is 1. The summed E-state index contributed by atoms with van der Waals surface area (Å²) in [6, 6.07) is 0. The predicted molar refractivity (Wildman–Crippen MR) is 116 cm³/mol. The van der Waals surface area contributed by atoms with Crippen LogP contribution >= 0.6 is 0 Å². The highest BCUT2D eigenvalue weighted by atomic mass is 16.5. The average molecular weight is 426 g/mol. The molecule has 0 bridgehead atoms. The van der Waals surface area contributed by atoms with Gasteiger partial charge in [-0.2, -0.15) is 10.1 Å². The van der Waals surface area contributed by atoms with E-state index in [1.165, 1.54) is 11.0 Å². The molecule has 10 nitrogen and oxygen atoms in total. The summed E-state index contributed by atoms with van der Waals surface area (Å²) in [6.07, 6.45) is 7.74. The number of aromatic nitrogens is 4. The first-order chi connectivity index (χ1) is 14.9. The molecule has 1 aliphatic heterocycles. The van der Waals surface area contributed by atoms with Crippen molar-refractivity contribution in [1.29, 1.82) is 0 Å². The molecule has 1 aliphatic rings. The Morgan fingerprint density at radius 1 is 1.42 bits per heavy atom. The second-order valence-corrected chi connectivity index (χ2v) is 7.42. The van der Waals surface area contributed by atoms with Crippen LogP contribution in [-0.4, -0.2) is 74.1 Å². The zero-order chi connectivity index (χ0) is 22.4. The molecule has 164 valence electrons. The topological polar surface area (TPSA) is 129 Å². The Balaban J connectivity index is 2.01. The van der Waals surface area contributed by atoms with Crippen molar-refractivity contribution in [2.24, 2.45) is 4.99 Å². The van der Waals surface area contributed by atoms with E-state index in [0.29, 0.717) is 12.8 Å². The molecule has 0 spiro atoms. The molecule has 0 radical (unpaired) electrons. The molecule has 3 heterocycles. The molecule has 3 rings (SSSR count). The van der Waals surface area contributed by atoms with Crippen LogP contribution in [0.15, 0.2) is 9.79 Å². The van der Waals surface area contributed by atoms with Gasteiger partial charge >= 0.3 is 0 Å². The largest absolute Gasteiger partial charge is 0.394 e. The third-order valence-electron chi connectivity index (χ3n) is 4.70. The van der Waals surface area contributed by atoms with Gasteiger partial charge in [-0.1, -0.05) is 5.92 Å². The summed E-state index contributed by atoms with van der Waals surface area (Å²) in [5.41, 5.74) is 0.104.